The average molecular weight is 253 g/mol. The molecule has 92 valence electrons. The van der Waals surface area contributed by atoms with E-state index >= 15 is 0 Å². The molecule has 1 aromatic rings. The van der Waals surface area contributed by atoms with Gasteiger partial charge in [-0.25, -0.2) is 4.79 Å². The molecule has 0 aliphatic rings. The van der Waals surface area contributed by atoms with E-state index in [1.54, 1.807) is 6.07 Å². The molecule has 0 saturated heterocycles. The zero-order valence-corrected chi connectivity index (χ0v) is 9.13. The highest BCUT2D eigenvalue weighted by atomic mass is 19.4. The molecule has 0 saturated carbocycles. The van der Waals surface area contributed by atoms with Gasteiger partial charge in [0.2, 0.25) is 0 Å². The topological polar surface area (TPSA) is 50.1 Å². The molecule has 0 heterocycles. The molecular weight excluding hydrogens is 247 g/mol. The molecule has 0 aromatic heterocycles. The van der Waals surface area contributed by atoms with E-state index in [0.29, 0.717) is 6.07 Å². The van der Waals surface area contributed by atoms with Crippen molar-refractivity contribution in [1.29, 1.82) is 5.26 Å². The van der Waals surface area contributed by atoms with Crippen molar-refractivity contribution in [1.82, 2.24) is 0 Å². The Bertz CT molecular complexity index is 574. The van der Waals surface area contributed by atoms with Crippen molar-refractivity contribution in [2.24, 2.45) is 0 Å². The number of hydrogen-bond acceptors (Lipinski definition) is 3. The van der Waals surface area contributed by atoms with Gasteiger partial charge >= 0.3 is 12.1 Å². The molecule has 6 heteroatoms. The van der Waals surface area contributed by atoms with Crippen LogP contribution in [0, 0.1) is 23.2 Å². The molecule has 1 rings (SSSR count). The molecule has 0 amide bonds. The van der Waals surface area contributed by atoms with Gasteiger partial charge < -0.3 is 4.74 Å². The van der Waals surface area contributed by atoms with Crippen molar-refractivity contribution < 1.29 is 22.7 Å². The highest BCUT2D eigenvalue weighted by Gasteiger charge is 2.30. The zero-order valence-electron chi connectivity index (χ0n) is 9.13. The zero-order chi connectivity index (χ0) is 13.8. The van der Waals surface area contributed by atoms with Crippen LogP contribution in [0.3, 0.4) is 0 Å². The van der Waals surface area contributed by atoms with E-state index < -0.39 is 17.7 Å². The first-order chi connectivity index (χ1) is 8.38. The van der Waals surface area contributed by atoms with Crippen molar-refractivity contribution in [3.8, 4) is 17.9 Å². The number of ether oxygens (including phenoxy) is 1. The molecule has 0 bridgehead atoms. The third kappa shape index (κ3) is 3.26. The van der Waals surface area contributed by atoms with Gasteiger partial charge in [0.1, 0.15) is 6.07 Å². The van der Waals surface area contributed by atoms with E-state index in [-0.39, 0.29) is 11.1 Å². The first-order valence-corrected chi connectivity index (χ1v) is 4.60. The summed E-state index contributed by atoms with van der Waals surface area (Å²) in [5, 5.41) is 8.72. The summed E-state index contributed by atoms with van der Waals surface area (Å²) in [5.74, 6) is 3.26. The fourth-order valence-corrected chi connectivity index (χ4v) is 1.09. The second-order valence-corrected chi connectivity index (χ2v) is 3.11. The fourth-order valence-electron chi connectivity index (χ4n) is 1.09. The Hall–Kier alpha value is -2.47. The number of carbonyl (C=O) groups is 1. The van der Waals surface area contributed by atoms with Crippen LogP contribution in [0.25, 0.3) is 0 Å². The first kappa shape index (κ1) is 13.6. The molecule has 0 radical (unpaired) electrons. The second kappa shape index (κ2) is 5.24. The number of methoxy groups -OCH3 is 1. The van der Waals surface area contributed by atoms with Gasteiger partial charge in [-0.05, 0) is 18.2 Å². The maximum absolute atomic E-state index is 12.4. The van der Waals surface area contributed by atoms with Crippen LogP contribution in [-0.2, 0) is 15.7 Å². The van der Waals surface area contributed by atoms with E-state index in [1.165, 1.54) is 0 Å². The van der Waals surface area contributed by atoms with E-state index in [9.17, 15) is 18.0 Å². The standard InChI is InChI=1S/C12H6F3NO2/c1-18-11(17)5-3-8-6-10(12(13,14)15)4-2-9(8)7-16/h2,4,6H,1H3. The maximum Gasteiger partial charge on any atom is 0.416 e. The Morgan fingerprint density at radius 2 is 2.00 bits per heavy atom. The van der Waals surface area contributed by atoms with Crippen molar-refractivity contribution in [3.05, 3.63) is 34.9 Å². The van der Waals surface area contributed by atoms with Crippen molar-refractivity contribution in [3.63, 3.8) is 0 Å². The predicted octanol–water partition coefficient (Wildman–Crippen LogP) is 2.10. The van der Waals surface area contributed by atoms with Gasteiger partial charge in [0.25, 0.3) is 0 Å². The van der Waals surface area contributed by atoms with Gasteiger partial charge in [0, 0.05) is 11.5 Å². The minimum absolute atomic E-state index is 0.0422. The molecular formula is C12H6F3NO2. The minimum Gasteiger partial charge on any atom is -0.459 e. The summed E-state index contributed by atoms with van der Waals surface area (Å²) in [7, 11) is 1.09. The van der Waals surface area contributed by atoms with Crippen molar-refractivity contribution in [2.75, 3.05) is 7.11 Å². The molecule has 0 fully saturated rings. The number of alkyl halides is 3. The van der Waals surface area contributed by atoms with E-state index in [1.807, 2.05) is 5.92 Å². The Morgan fingerprint density at radius 3 is 2.50 bits per heavy atom. The van der Waals surface area contributed by atoms with Gasteiger partial charge in [0.15, 0.2) is 0 Å². The number of nitrogens with zero attached hydrogens (tertiary/aromatic N) is 1. The number of carbonyl (C=O) groups excluding carboxylic acids is 1. The Morgan fingerprint density at radius 1 is 1.33 bits per heavy atom. The van der Waals surface area contributed by atoms with Gasteiger partial charge in [0.05, 0.1) is 18.2 Å². The highest BCUT2D eigenvalue weighted by Crippen LogP contribution is 2.30. The fraction of sp³-hybridized carbons (Fsp3) is 0.167. The summed E-state index contributed by atoms with van der Waals surface area (Å²) in [6, 6.07) is 4.19. The van der Waals surface area contributed by atoms with Crippen LogP contribution in [0.2, 0.25) is 0 Å². The summed E-state index contributed by atoms with van der Waals surface area (Å²) in [5.41, 5.74) is -1.15. The molecule has 3 nitrogen and oxygen atoms in total. The third-order valence-corrected chi connectivity index (χ3v) is 1.95. The van der Waals surface area contributed by atoms with Gasteiger partial charge in [-0.1, -0.05) is 5.92 Å². The van der Waals surface area contributed by atoms with Gasteiger partial charge in [-0.2, -0.15) is 18.4 Å². The SMILES string of the molecule is COC(=O)C#Cc1cc(C(F)(F)F)ccc1C#N. The summed E-state index contributed by atoms with van der Waals surface area (Å²) in [4.78, 5) is 10.8. The number of benzene rings is 1. The molecule has 18 heavy (non-hydrogen) atoms. The molecule has 0 aliphatic carbocycles. The quantitative estimate of drug-likeness (QED) is 0.525. The number of esters is 1. The smallest absolute Gasteiger partial charge is 0.416 e. The van der Waals surface area contributed by atoms with Crippen LogP contribution < -0.4 is 0 Å². The summed E-state index contributed by atoms with van der Waals surface area (Å²) >= 11 is 0. The lowest BCUT2D eigenvalue weighted by atomic mass is 10.0. The predicted molar refractivity (Wildman–Crippen MR) is 55.1 cm³/mol. The lowest BCUT2D eigenvalue weighted by Crippen LogP contribution is -2.05. The first-order valence-electron chi connectivity index (χ1n) is 4.60. The summed E-state index contributed by atoms with van der Waals surface area (Å²) < 4.78 is 41.6. The normalized spacial score (nSPS) is 9.94. The number of rotatable bonds is 0. The average Bonchev–Trinajstić information content (AvgIpc) is 2.34. The Labute approximate surface area is 101 Å². The number of nitriles is 1. The van der Waals surface area contributed by atoms with Crippen LogP contribution >= 0.6 is 0 Å². The Kier molecular flexibility index (Phi) is 3.96. The molecule has 0 unspecified atom stereocenters. The van der Waals surface area contributed by atoms with Crippen LogP contribution in [0.4, 0.5) is 13.2 Å². The van der Waals surface area contributed by atoms with Gasteiger partial charge in [-0.3, -0.25) is 0 Å². The summed E-state index contributed by atoms with van der Waals surface area (Å²) in [6.45, 7) is 0. The second-order valence-electron chi connectivity index (χ2n) is 3.11. The molecule has 0 N–H and O–H groups in total. The van der Waals surface area contributed by atoms with Crippen molar-refractivity contribution in [2.45, 2.75) is 6.18 Å². The lowest BCUT2D eigenvalue weighted by molar-refractivity contribution is -0.137. The van der Waals surface area contributed by atoms with Crippen LogP contribution in [-0.4, -0.2) is 13.1 Å². The molecule has 1 aromatic carbocycles. The summed E-state index contributed by atoms with van der Waals surface area (Å²) in [6.07, 6.45) is -4.53. The van der Waals surface area contributed by atoms with E-state index in [2.05, 4.69) is 10.7 Å². The molecule has 0 aliphatic heterocycles. The van der Waals surface area contributed by atoms with Crippen molar-refractivity contribution >= 4 is 5.97 Å². The minimum atomic E-state index is -4.53. The van der Waals surface area contributed by atoms with E-state index in [4.69, 9.17) is 5.26 Å². The number of hydrogen-bond donors (Lipinski definition) is 0. The third-order valence-electron chi connectivity index (χ3n) is 1.95. The largest absolute Gasteiger partial charge is 0.459 e. The van der Waals surface area contributed by atoms with E-state index in [0.717, 1.165) is 19.2 Å². The van der Waals surface area contributed by atoms with Crippen LogP contribution in [0.15, 0.2) is 18.2 Å². The van der Waals surface area contributed by atoms with Gasteiger partial charge in [-0.15, -0.1) is 0 Å². The maximum atomic E-state index is 12.4. The lowest BCUT2D eigenvalue weighted by Gasteiger charge is -2.07. The highest BCUT2D eigenvalue weighted by molar-refractivity contribution is 5.89. The monoisotopic (exact) mass is 253 g/mol. The van der Waals surface area contributed by atoms with Crippen LogP contribution in [0.1, 0.15) is 16.7 Å². The Balaban J connectivity index is 3.27. The number of halogens is 3. The van der Waals surface area contributed by atoms with Crippen LogP contribution in [0.5, 0.6) is 0 Å². The molecule has 0 atom stereocenters. The molecule has 0 spiro atoms.